The Labute approximate surface area is 190 Å². The number of carbonyl (C=O) groups is 2. The first-order valence-corrected chi connectivity index (χ1v) is 11.1. The van der Waals surface area contributed by atoms with Gasteiger partial charge >= 0.3 is 11.8 Å². The molecule has 11 nitrogen and oxygen atoms in total. The van der Waals surface area contributed by atoms with E-state index in [1.807, 2.05) is 13.1 Å². The molecule has 0 radical (unpaired) electrons. The van der Waals surface area contributed by atoms with Gasteiger partial charge in [0.05, 0.1) is 29.9 Å². The summed E-state index contributed by atoms with van der Waals surface area (Å²) in [5, 5.41) is 10.9. The van der Waals surface area contributed by atoms with Crippen LogP contribution in [-0.2, 0) is 29.6 Å². The Morgan fingerprint density at radius 2 is 1.82 bits per heavy atom. The van der Waals surface area contributed by atoms with Crippen LogP contribution >= 0.6 is 0 Å². The molecule has 172 valence electrons. The molecule has 3 aliphatic rings. The Morgan fingerprint density at radius 3 is 2.55 bits per heavy atom. The van der Waals surface area contributed by atoms with Crippen LogP contribution in [0.2, 0.25) is 0 Å². The molecule has 0 spiro atoms. The number of nitrogens with zero attached hydrogens (tertiary/aromatic N) is 6. The van der Waals surface area contributed by atoms with Crippen LogP contribution < -0.4 is 20.4 Å². The Kier molecular flexibility index (Phi) is 4.20. The highest BCUT2D eigenvalue weighted by molar-refractivity contribution is 6.35. The number of aryl methyl sites for hydroxylation is 1. The van der Waals surface area contributed by atoms with Crippen LogP contribution in [-0.4, -0.2) is 63.3 Å². The second kappa shape index (κ2) is 6.93. The number of carbonyl (C=O) groups excluding carboxylic acids is 2. The topological polar surface area (TPSA) is 121 Å². The lowest BCUT2D eigenvalue weighted by Gasteiger charge is -2.30. The highest BCUT2D eigenvalue weighted by Gasteiger charge is 2.42. The maximum atomic E-state index is 11.8. The zero-order valence-corrected chi connectivity index (χ0v) is 18.8. The molecule has 2 saturated heterocycles. The minimum absolute atomic E-state index is 0.0226. The molecule has 2 N–H and O–H groups in total. The molecule has 11 heteroatoms. The molecule has 0 bridgehead atoms. The van der Waals surface area contributed by atoms with Gasteiger partial charge in [-0.05, 0) is 11.5 Å². The van der Waals surface area contributed by atoms with E-state index in [2.05, 4.69) is 39.4 Å². The third-order valence-electron chi connectivity index (χ3n) is 6.76. The van der Waals surface area contributed by atoms with Gasteiger partial charge in [-0.15, -0.1) is 0 Å². The standard InChI is InChI=1S/C22H26N8O3/c1-22(2)6-16-12(4-5-33-16)8-30(11-22)21-26-17-13(7-23-28(17)3)18(27-21)29-9-14-15(10-29)25-20(32)19(31)24-14/h4-5,7,14-15H,6,8-11H2,1-3H3,(H,24,31)(H,25,32)/t14-,15+. The predicted molar refractivity (Wildman–Crippen MR) is 120 cm³/mol. The lowest BCUT2D eigenvalue weighted by atomic mass is 9.88. The lowest BCUT2D eigenvalue weighted by molar-refractivity contribution is -0.142. The Hall–Kier alpha value is -3.63. The summed E-state index contributed by atoms with van der Waals surface area (Å²) in [6.07, 6.45) is 4.37. The second-order valence-corrected chi connectivity index (χ2v) is 9.98. The summed E-state index contributed by atoms with van der Waals surface area (Å²) in [7, 11) is 1.87. The van der Waals surface area contributed by atoms with Gasteiger partial charge < -0.3 is 24.9 Å². The fourth-order valence-electron chi connectivity index (χ4n) is 5.19. The van der Waals surface area contributed by atoms with Crippen LogP contribution in [0.1, 0.15) is 25.2 Å². The SMILES string of the molecule is Cn1ncc2c(N3C[C@@H]4NC(=O)C(=O)N[C@@H]4C3)nc(N3Cc4ccoc4CC(C)(C)C3)nc21. The van der Waals surface area contributed by atoms with Crippen molar-refractivity contribution in [3.8, 4) is 0 Å². The van der Waals surface area contributed by atoms with E-state index in [1.165, 1.54) is 0 Å². The Bertz CT molecular complexity index is 1250. The number of furan rings is 1. The molecule has 0 aromatic carbocycles. The number of piperazine rings is 1. The van der Waals surface area contributed by atoms with E-state index in [4.69, 9.17) is 14.4 Å². The van der Waals surface area contributed by atoms with Gasteiger partial charge in [0.2, 0.25) is 5.95 Å². The number of aromatic nitrogens is 4. The van der Waals surface area contributed by atoms with E-state index in [0.29, 0.717) is 25.6 Å². The first kappa shape index (κ1) is 20.0. The molecule has 33 heavy (non-hydrogen) atoms. The maximum Gasteiger partial charge on any atom is 0.309 e. The molecule has 0 aliphatic carbocycles. The minimum atomic E-state index is -0.587. The van der Waals surface area contributed by atoms with Crippen LogP contribution in [0.4, 0.5) is 11.8 Å². The molecule has 0 saturated carbocycles. The molecule has 2 atom stereocenters. The van der Waals surface area contributed by atoms with Crippen molar-refractivity contribution in [3.63, 3.8) is 0 Å². The quantitative estimate of drug-likeness (QED) is 0.537. The average molecular weight is 451 g/mol. The fraction of sp³-hybridized carbons (Fsp3) is 0.500. The van der Waals surface area contributed by atoms with E-state index >= 15 is 0 Å². The highest BCUT2D eigenvalue weighted by atomic mass is 16.3. The van der Waals surface area contributed by atoms with Crippen LogP contribution in [0.15, 0.2) is 22.9 Å². The van der Waals surface area contributed by atoms with Crippen LogP contribution in [0, 0.1) is 5.41 Å². The van der Waals surface area contributed by atoms with E-state index in [1.54, 1.807) is 17.1 Å². The Morgan fingerprint density at radius 1 is 1.09 bits per heavy atom. The predicted octanol–water partition coefficient (Wildman–Crippen LogP) is 0.348. The van der Waals surface area contributed by atoms with E-state index < -0.39 is 11.8 Å². The summed E-state index contributed by atoms with van der Waals surface area (Å²) in [5.41, 5.74) is 1.87. The molecule has 6 rings (SSSR count). The molecule has 6 heterocycles. The first-order chi connectivity index (χ1) is 15.8. The summed E-state index contributed by atoms with van der Waals surface area (Å²) in [6.45, 7) is 6.98. The van der Waals surface area contributed by atoms with Gasteiger partial charge in [0.1, 0.15) is 11.6 Å². The maximum absolute atomic E-state index is 11.8. The van der Waals surface area contributed by atoms with Gasteiger partial charge in [-0.2, -0.15) is 15.1 Å². The Balaban J connectivity index is 1.41. The summed E-state index contributed by atoms with van der Waals surface area (Å²) in [6, 6.07) is 1.70. The third-order valence-corrected chi connectivity index (χ3v) is 6.76. The number of anilines is 2. The molecule has 2 amide bonds. The van der Waals surface area contributed by atoms with Crippen molar-refractivity contribution in [2.24, 2.45) is 12.5 Å². The van der Waals surface area contributed by atoms with E-state index in [9.17, 15) is 9.59 Å². The molecule has 3 aliphatic heterocycles. The smallest absolute Gasteiger partial charge is 0.309 e. The zero-order valence-electron chi connectivity index (χ0n) is 18.8. The highest BCUT2D eigenvalue weighted by Crippen LogP contribution is 2.35. The summed E-state index contributed by atoms with van der Waals surface area (Å²) in [4.78, 5) is 37.9. The molecule has 0 unspecified atom stereocenters. The van der Waals surface area contributed by atoms with E-state index in [-0.39, 0.29) is 17.5 Å². The van der Waals surface area contributed by atoms with Crippen LogP contribution in [0.3, 0.4) is 0 Å². The number of amides is 2. The second-order valence-electron chi connectivity index (χ2n) is 9.98. The summed E-state index contributed by atoms with van der Waals surface area (Å²) >= 11 is 0. The van der Waals surface area contributed by atoms with Gasteiger partial charge in [-0.1, -0.05) is 13.8 Å². The number of fused-ring (bicyclic) bond motifs is 3. The molecule has 3 aromatic rings. The lowest BCUT2D eigenvalue weighted by Crippen LogP contribution is -2.61. The van der Waals surface area contributed by atoms with Crippen molar-refractivity contribution >= 4 is 34.6 Å². The average Bonchev–Trinajstić information content (AvgIpc) is 3.44. The van der Waals surface area contributed by atoms with Gasteiger partial charge in [-0.25, -0.2) is 0 Å². The van der Waals surface area contributed by atoms with Gasteiger partial charge in [0.15, 0.2) is 5.65 Å². The number of nitrogens with one attached hydrogen (secondary N) is 2. The van der Waals surface area contributed by atoms with Gasteiger partial charge in [-0.3, -0.25) is 14.3 Å². The van der Waals surface area contributed by atoms with Crippen molar-refractivity contribution in [3.05, 3.63) is 29.9 Å². The largest absolute Gasteiger partial charge is 0.469 e. The number of rotatable bonds is 2. The zero-order chi connectivity index (χ0) is 22.9. The summed E-state index contributed by atoms with van der Waals surface area (Å²) in [5.74, 6) is 1.23. The molecule has 2 fully saturated rings. The van der Waals surface area contributed by atoms with Crippen LogP contribution in [0.25, 0.3) is 11.0 Å². The van der Waals surface area contributed by atoms with Gasteiger partial charge in [0.25, 0.3) is 0 Å². The molecular formula is C22H26N8O3. The molecule has 3 aromatic heterocycles. The van der Waals surface area contributed by atoms with Crippen molar-refractivity contribution in [1.82, 2.24) is 30.4 Å². The van der Waals surface area contributed by atoms with Crippen molar-refractivity contribution < 1.29 is 14.0 Å². The number of hydrogen-bond donors (Lipinski definition) is 2. The monoisotopic (exact) mass is 450 g/mol. The third kappa shape index (κ3) is 3.30. The fourth-order valence-corrected chi connectivity index (χ4v) is 5.19. The number of hydrogen-bond acceptors (Lipinski definition) is 8. The summed E-state index contributed by atoms with van der Waals surface area (Å²) < 4.78 is 7.50. The van der Waals surface area contributed by atoms with Crippen molar-refractivity contribution in [2.75, 3.05) is 29.4 Å². The van der Waals surface area contributed by atoms with E-state index in [0.717, 1.165) is 41.1 Å². The van der Waals surface area contributed by atoms with Crippen molar-refractivity contribution in [2.45, 2.75) is 38.9 Å². The first-order valence-electron chi connectivity index (χ1n) is 11.1. The van der Waals surface area contributed by atoms with Gasteiger partial charge in [0, 0.05) is 45.2 Å². The van der Waals surface area contributed by atoms with Crippen LogP contribution in [0.5, 0.6) is 0 Å². The molecular weight excluding hydrogens is 424 g/mol. The normalized spacial score (nSPS) is 24.3. The minimum Gasteiger partial charge on any atom is -0.469 e. The van der Waals surface area contributed by atoms with Crippen molar-refractivity contribution in [1.29, 1.82) is 0 Å².